The van der Waals surface area contributed by atoms with Crippen molar-refractivity contribution in [2.24, 2.45) is 0 Å². The van der Waals surface area contributed by atoms with E-state index in [1.807, 2.05) is 52.0 Å². The van der Waals surface area contributed by atoms with Crippen LogP contribution in [0.25, 0.3) is 0 Å². The summed E-state index contributed by atoms with van der Waals surface area (Å²) in [6.07, 6.45) is -0.310. The summed E-state index contributed by atoms with van der Waals surface area (Å²) in [4.78, 5) is 28.0. The molecule has 1 aromatic carbocycles. The van der Waals surface area contributed by atoms with Gasteiger partial charge in [-0.2, -0.15) is 0 Å². The molecule has 1 saturated heterocycles. The van der Waals surface area contributed by atoms with Gasteiger partial charge in [0, 0.05) is 31.7 Å². The molecule has 0 bridgehead atoms. The molecular formula is C17H24N2O3. The molecule has 0 unspecified atom stereocenters. The summed E-state index contributed by atoms with van der Waals surface area (Å²) in [6, 6.07) is 7.58. The smallest absolute Gasteiger partial charge is 0.410 e. The second-order valence-electron chi connectivity index (χ2n) is 6.57. The van der Waals surface area contributed by atoms with Crippen molar-refractivity contribution in [3.8, 4) is 0 Å². The second kappa shape index (κ2) is 6.38. The van der Waals surface area contributed by atoms with E-state index in [-0.39, 0.29) is 12.0 Å². The van der Waals surface area contributed by atoms with Gasteiger partial charge in [-0.05, 0) is 39.3 Å². The number of rotatable bonds is 1. The lowest BCUT2D eigenvalue weighted by atomic mass is 10.1. The number of hydrogen-bond donors (Lipinski definition) is 0. The van der Waals surface area contributed by atoms with E-state index in [2.05, 4.69) is 0 Å². The Kier molecular flexibility index (Phi) is 4.74. The maximum Gasteiger partial charge on any atom is 0.410 e. The van der Waals surface area contributed by atoms with Crippen LogP contribution in [0.4, 0.5) is 4.79 Å². The van der Waals surface area contributed by atoms with Crippen molar-refractivity contribution >= 4 is 12.0 Å². The summed E-state index contributed by atoms with van der Waals surface area (Å²) in [6.45, 7) is 9.57. The number of aryl methyl sites for hydroxylation is 1. The van der Waals surface area contributed by atoms with Gasteiger partial charge in [0.05, 0.1) is 0 Å². The molecule has 5 heteroatoms. The minimum Gasteiger partial charge on any atom is -0.444 e. The van der Waals surface area contributed by atoms with Crippen LogP contribution < -0.4 is 0 Å². The molecule has 22 heavy (non-hydrogen) atoms. The van der Waals surface area contributed by atoms with Crippen molar-refractivity contribution in [2.75, 3.05) is 26.2 Å². The van der Waals surface area contributed by atoms with Gasteiger partial charge in [-0.25, -0.2) is 4.79 Å². The molecule has 2 amide bonds. The van der Waals surface area contributed by atoms with Gasteiger partial charge >= 0.3 is 6.09 Å². The van der Waals surface area contributed by atoms with Crippen molar-refractivity contribution in [2.45, 2.75) is 33.3 Å². The Bertz CT molecular complexity index is 555. The van der Waals surface area contributed by atoms with Gasteiger partial charge in [0.2, 0.25) is 0 Å². The number of nitrogens with zero attached hydrogens (tertiary/aromatic N) is 2. The van der Waals surface area contributed by atoms with Crippen molar-refractivity contribution in [3.05, 3.63) is 35.4 Å². The van der Waals surface area contributed by atoms with Crippen molar-refractivity contribution in [3.63, 3.8) is 0 Å². The lowest BCUT2D eigenvalue weighted by Crippen LogP contribution is -2.51. The fourth-order valence-corrected chi connectivity index (χ4v) is 2.40. The number of ether oxygens (including phenoxy) is 1. The van der Waals surface area contributed by atoms with Crippen LogP contribution in [0.1, 0.15) is 36.7 Å². The number of hydrogen-bond acceptors (Lipinski definition) is 3. The van der Waals surface area contributed by atoms with Crippen LogP contribution in [0, 0.1) is 6.92 Å². The van der Waals surface area contributed by atoms with E-state index in [0.29, 0.717) is 26.2 Å². The first-order valence-corrected chi connectivity index (χ1v) is 7.61. The number of benzene rings is 1. The zero-order valence-electron chi connectivity index (χ0n) is 13.8. The number of carbonyl (C=O) groups excluding carboxylic acids is 2. The fourth-order valence-electron chi connectivity index (χ4n) is 2.40. The summed E-state index contributed by atoms with van der Waals surface area (Å²) in [5.41, 5.74) is 1.21. The Morgan fingerprint density at radius 3 is 2.09 bits per heavy atom. The van der Waals surface area contributed by atoms with Crippen LogP contribution >= 0.6 is 0 Å². The largest absolute Gasteiger partial charge is 0.444 e. The van der Waals surface area contributed by atoms with E-state index in [1.54, 1.807) is 9.80 Å². The number of carbonyl (C=O) groups is 2. The van der Waals surface area contributed by atoms with Crippen molar-refractivity contribution in [1.82, 2.24) is 9.80 Å². The Morgan fingerprint density at radius 2 is 1.55 bits per heavy atom. The molecule has 120 valence electrons. The molecule has 1 aliphatic rings. The van der Waals surface area contributed by atoms with Gasteiger partial charge in [0.25, 0.3) is 5.91 Å². The molecule has 1 aromatic rings. The van der Waals surface area contributed by atoms with Gasteiger partial charge in [-0.15, -0.1) is 0 Å². The third-order valence-electron chi connectivity index (χ3n) is 3.59. The molecule has 1 aliphatic heterocycles. The van der Waals surface area contributed by atoms with Crippen LogP contribution in [-0.4, -0.2) is 53.6 Å². The minimum atomic E-state index is -0.495. The maximum atomic E-state index is 12.5. The van der Waals surface area contributed by atoms with Crippen LogP contribution in [0.15, 0.2) is 24.3 Å². The van der Waals surface area contributed by atoms with E-state index in [4.69, 9.17) is 4.74 Å². The average molecular weight is 304 g/mol. The topological polar surface area (TPSA) is 49.9 Å². The molecule has 1 fully saturated rings. The first-order valence-electron chi connectivity index (χ1n) is 7.61. The van der Waals surface area contributed by atoms with Gasteiger partial charge in [-0.3, -0.25) is 4.79 Å². The predicted molar refractivity (Wildman–Crippen MR) is 84.9 cm³/mol. The Balaban J connectivity index is 1.94. The Morgan fingerprint density at radius 1 is 1.00 bits per heavy atom. The molecule has 0 radical (unpaired) electrons. The normalized spacial score (nSPS) is 15.6. The molecule has 1 heterocycles. The predicted octanol–water partition coefficient (Wildman–Crippen LogP) is 2.69. The molecule has 2 rings (SSSR count). The summed E-state index contributed by atoms with van der Waals surface area (Å²) in [7, 11) is 0. The van der Waals surface area contributed by atoms with Crippen LogP contribution in [0.2, 0.25) is 0 Å². The maximum absolute atomic E-state index is 12.5. The third-order valence-corrected chi connectivity index (χ3v) is 3.59. The first kappa shape index (κ1) is 16.3. The lowest BCUT2D eigenvalue weighted by molar-refractivity contribution is 0.0141. The first-order chi connectivity index (χ1) is 10.3. The number of amides is 2. The average Bonchev–Trinajstić information content (AvgIpc) is 2.45. The van der Waals surface area contributed by atoms with Crippen molar-refractivity contribution in [1.29, 1.82) is 0 Å². The second-order valence-corrected chi connectivity index (χ2v) is 6.57. The zero-order chi connectivity index (χ0) is 16.3. The van der Waals surface area contributed by atoms with Crippen LogP contribution in [-0.2, 0) is 4.74 Å². The van der Waals surface area contributed by atoms with Gasteiger partial charge in [-0.1, -0.05) is 18.2 Å². The highest BCUT2D eigenvalue weighted by Crippen LogP contribution is 2.15. The van der Waals surface area contributed by atoms with Crippen molar-refractivity contribution < 1.29 is 14.3 Å². The monoisotopic (exact) mass is 304 g/mol. The highest BCUT2D eigenvalue weighted by atomic mass is 16.6. The minimum absolute atomic E-state index is 0.0296. The summed E-state index contributed by atoms with van der Waals surface area (Å²) in [5, 5.41) is 0. The SMILES string of the molecule is Cc1ccccc1C(=O)N1CCN(C(=O)OC(C)(C)C)CC1. The van der Waals surface area contributed by atoms with Gasteiger partial charge in [0.1, 0.15) is 5.60 Å². The highest BCUT2D eigenvalue weighted by Gasteiger charge is 2.28. The Labute approximate surface area is 131 Å². The van der Waals surface area contributed by atoms with E-state index >= 15 is 0 Å². The van der Waals surface area contributed by atoms with E-state index < -0.39 is 5.60 Å². The van der Waals surface area contributed by atoms with E-state index in [0.717, 1.165) is 11.1 Å². The summed E-state index contributed by atoms with van der Waals surface area (Å²) >= 11 is 0. The van der Waals surface area contributed by atoms with Crippen LogP contribution in [0.3, 0.4) is 0 Å². The molecule has 0 spiro atoms. The van der Waals surface area contributed by atoms with Gasteiger partial charge < -0.3 is 14.5 Å². The molecule has 5 nitrogen and oxygen atoms in total. The third kappa shape index (κ3) is 4.00. The molecule has 0 saturated carbocycles. The highest BCUT2D eigenvalue weighted by molar-refractivity contribution is 5.95. The molecule has 0 N–H and O–H groups in total. The van der Waals surface area contributed by atoms with Gasteiger partial charge in [0.15, 0.2) is 0 Å². The molecule has 0 atom stereocenters. The standard InChI is InChI=1S/C17H24N2O3/c1-13-7-5-6-8-14(13)15(20)18-9-11-19(12-10-18)16(21)22-17(2,3)4/h5-8H,9-12H2,1-4H3. The number of piperazine rings is 1. The van der Waals surface area contributed by atoms with Crippen LogP contribution in [0.5, 0.6) is 0 Å². The fraction of sp³-hybridized carbons (Fsp3) is 0.529. The van der Waals surface area contributed by atoms with E-state index in [1.165, 1.54) is 0 Å². The summed E-state index contributed by atoms with van der Waals surface area (Å²) in [5.74, 6) is 0.0296. The molecule has 0 aliphatic carbocycles. The lowest BCUT2D eigenvalue weighted by Gasteiger charge is -2.35. The van der Waals surface area contributed by atoms with E-state index in [9.17, 15) is 9.59 Å². The zero-order valence-corrected chi connectivity index (χ0v) is 13.8. The molecular weight excluding hydrogens is 280 g/mol. The summed E-state index contributed by atoms with van der Waals surface area (Å²) < 4.78 is 5.36. The molecule has 0 aromatic heterocycles. The quantitative estimate of drug-likeness (QED) is 0.801. The Hall–Kier alpha value is -2.04.